The molecule has 0 atom stereocenters. The molecule has 0 saturated carbocycles. The smallest absolute Gasteiger partial charge is 0.243 e. The lowest BCUT2D eigenvalue weighted by atomic mass is 10.3. The van der Waals surface area contributed by atoms with Gasteiger partial charge in [-0.15, -0.1) is 5.92 Å². The van der Waals surface area contributed by atoms with Crippen LogP contribution in [0.25, 0.3) is 0 Å². The molecule has 0 saturated heterocycles. The van der Waals surface area contributed by atoms with E-state index < -0.39 is 15.8 Å². The van der Waals surface area contributed by atoms with Crippen molar-refractivity contribution < 1.29 is 12.8 Å². The van der Waals surface area contributed by atoms with Gasteiger partial charge < -0.3 is 5.73 Å². The summed E-state index contributed by atoms with van der Waals surface area (Å²) in [5, 5.41) is 0. The Kier molecular flexibility index (Phi) is 3.88. The van der Waals surface area contributed by atoms with E-state index in [4.69, 9.17) is 5.73 Å². The second-order valence-electron chi connectivity index (χ2n) is 2.90. The van der Waals surface area contributed by atoms with Gasteiger partial charge in [-0.1, -0.05) is 12.0 Å². The zero-order valence-corrected chi connectivity index (χ0v) is 9.44. The molecule has 0 fully saturated rings. The third-order valence-electron chi connectivity index (χ3n) is 1.83. The Morgan fingerprint density at radius 3 is 2.81 bits per heavy atom. The van der Waals surface area contributed by atoms with Crippen LogP contribution < -0.4 is 10.5 Å². The number of halogens is 1. The molecule has 6 heteroatoms. The van der Waals surface area contributed by atoms with Crippen LogP contribution in [-0.2, 0) is 10.0 Å². The van der Waals surface area contributed by atoms with Crippen LogP contribution in [0.15, 0.2) is 23.1 Å². The van der Waals surface area contributed by atoms with E-state index in [0.29, 0.717) is 0 Å². The average molecular weight is 242 g/mol. The molecule has 1 aromatic carbocycles. The first-order chi connectivity index (χ1) is 7.49. The van der Waals surface area contributed by atoms with E-state index in [9.17, 15) is 12.8 Å². The quantitative estimate of drug-likeness (QED) is 0.605. The summed E-state index contributed by atoms with van der Waals surface area (Å²) in [5.41, 5.74) is 4.95. The number of anilines is 1. The maximum Gasteiger partial charge on any atom is 0.243 e. The largest absolute Gasteiger partial charge is 0.395 e. The molecule has 1 rings (SSSR count). The van der Waals surface area contributed by atoms with Gasteiger partial charge in [-0.2, -0.15) is 4.72 Å². The van der Waals surface area contributed by atoms with Gasteiger partial charge in [-0.3, -0.25) is 0 Å². The topological polar surface area (TPSA) is 72.2 Å². The van der Waals surface area contributed by atoms with Crippen LogP contribution in [-0.4, -0.2) is 15.0 Å². The summed E-state index contributed by atoms with van der Waals surface area (Å²) >= 11 is 0. The van der Waals surface area contributed by atoms with E-state index in [2.05, 4.69) is 16.6 Å². The van der Waals surface area contributed by atoms with E-state index in [1.54, 1.807) is 6.92 Å². The van der Waals surface area contributed by atoms with Gasteiger partial charge in [-0.25, -0.2) is 12.8 Å². The van der Waals surface area contributed by atoms with Crippen LogP contribution in [0, 0.1) is 17.7 Å². The monoisotopic (exact) mass is 242 g/mol. The highest BCUT2D eigenvalue weighted by Gasteiger charge is 2.18. The van der Waals surface area contributed by atoms with Gasteiger partial charge in [0, 0.05) is 0 Å². The first kappa shape index (κ1) is 12.5. The van der Waals surface area contributed by atoms with Crippen LogP contribution in [0.3, 0.4) is 0 Å². The SMILES string of the molecule is CC#CCNS(=O)(=O)c1cccc(F)c1N. The first-order valence-electron chi connectivity index (χ1n) is 4.42. The number of benzene rings is 1. The van der Waals surface area contributed by atoms with Crippen LogP contribution >= 0.6 is 0 Å². The number of hydrogen-bond donors (Lipinski definition) is 2. The molecule has 0 spiro atoms. The van der Waals surface area contributed by atoms with Gasteiger partial charge in [0.1, 0.15) is 10.7 Å². The summed E-state index contributed by atoms with van der Waals surface area (Å²) in [6.45, 7) is 1.56. The number of para-hydroxylation sites is 1. The third-order valence-corrected chi connectivity index (χ3v) is 3.29. The fourth-order valence-corrected chi connectivity index (χ4v) is 2.11. The molecular weight excluding hydrogens is 231 g/mol. The Morgan fingerprint density at radius 1 is 1.50 bits per heavy atom. The fourth-order valence-electron chi connectivity index (χ4n) is 1.05. The molecular formula is C10H11FN2O2S. The average Bonchev–Trinajstić information content (AvgIpc) is 2.22. The molecule has 1 aromatic rings. The highest BCUT2D eigenvalue weighted by Crippen LogP contribution is 2.20. The Labute approximate surface area is 93.7 Å². The Balaban J connectivity index is 3.06. The maximum absolute atomic E-state index is 13.1. The normalized spacial score (nSPS) is 10.6. The van der Waals surface area contributed by atoms with Gasteiger partial charge in [0.2, 0.25) is 10.0 Å². The van der Waals surface area contributed by atoms with Crippen molar-refractivity contribution in [2.75, 3.05) is 12.3 Å². The predicted octanol–water partition coefficient (Wildman–Crippen LogP) is 0.710. The number of hydrogen-bond acceptors (Lipinski definition) is 3. The molecule has 0 radical (unpaired) electrons. The van der Waals surface area contributed by atoms with Crippen molar-refractivity contribution in [3.8, 4) is 11.8 Å². The van der Waals surface area contributed by atoms with E-state index >= 15 is 0 Å². The molecule has 0 unspecified atom stereocenters. The number of sulfonamides is 1. The summed E-state index contributed by atoms with van der Waals surface area (Å²) in [6, 6.07) is 3.62. The van der Waals surface area contributed by atoms with Crippen molar-refractivity contribution in [3.05, 3.63) is 24.0 Å². The van der Waals surface area contributed by atoms with Crippen LogP contribution in [0.5, 0.6) is 0 Å². The van der Waals surface area contributed by atoms with Crippen LogP contribution in [0.1, 0.15) is 6.92 Å². The van der Waals surface area contributed by atoms with Crippen molar-refractivity contribution in [2.24, 2.45) is 0 Å². The van der Waals surface area contributed by atoms with Crippen LogP contribution in [0.2, 0.25) is 0 Å². The molecule has 0 aliphatic carbocycles. The Morgan fingerprint density at radius 2 is 2.19 bits per heavy atom. The van der Waals surface area contributed by atoms with Crippen molar-refractivity contribution in [1.29, 1.82) is 0 Å². The number of rotatable bonds is 3. The lowest BCUT2D eigenvalue weighted by Gasteiger charge is -2.07. The molecule has 0 heterocycles. The minimum absolute atomic E-state index is 0.0329. The third kappa shape index (κ3) is 2.72. The lowest BCUT2D eigenvalue weighted by molar-refractivity contribution is 0.583. The highest BCUT2D eigenvalue weighted by atomic mass is 32.2. The molecule has 0 bridgehead atoms. The van der Waals surface area contributed by atoms with Crippen LogP contribution in [0.4, 0.5) is 10.1 Å². The zero-order valence-electron chi connectivity index (χ0n) is 8.62. The molecule has 0 aliphatic rings. The first-order valence-corrected chi connectivity index (χ1v) is 5.90. The van der Waals surface area contributed by atoms with E-state index in [1.807, 2.05) is 0 Å². The van der Waals surface area contributed by atoms with Crippen molar-refractivity contribution >= 4 is 15.7 Å². The summed E-state index contributed by atoms with van der Waals surface area (Å²) in [5.74, 6) is 4.31. The van der Waals surface area contributed by atoms with Gasteiger partial charge in [0.05, 0.1) is 12.2 Å². The molecule has 86 valence electrons. The molecule has 16 heavy (non-hydrogen) atoms. The zero-order chi connectivity index (χ0) is 12.2. The summed E-state index contributed by atoms with van der Waals surface area (Å²) in [4.78, 5) is -0.273. The summed E-state index contributed by atoms with van der Waals surface area (Å²) in [6.07, 6.45) is 0. The second kappa shape index (κ2) is 4.96. The molecule has 0 aromatic heterocycles. The molecule has 3 N–H and O–H groups in total. The standard InChI is InChI=1S/C10H11FN2O2S/c1-2-3-7-13-16(14,15)9-6-4-5-8(11)10(9)12/h4-6,13H,7,12H2,1H3. The van der Waals surface area contributed by atoms with Crippen molar-refractivity contribution in [3.63, 3.8) is 0 Å². The minimum Gasteiger partial charge on any atom is -0.395 e. The summed E-state index contributed by atoms with van der Waals surface area (Å²) in [7, 11) is -3.80. The number of nitrogens with two attached hydrogens (primary N) is 1. The summed E-state index contributed by atoms with van der Waals surface area (Å²) < 4.78 is 38.6. The van der Waals surface area contributed by atoms with Gasteiger partial charge >= 0.3 is 0 Å². The van der Waals surface area contributed by atoms with Gasteiger partial charge in [0.15, 0.2) is 0 Å². The Hall–Kier alpha value is -1.58. The van der Waals surface area contributed by atoms with E-state index in [1.165, 1.54) is 12.1 Å². The highest BCUT2D eigenvalue weighted by molar-refractivity contribution is 7.89. The molecule has 4 nitrogen and oxygen atoms in total. The molecule has 0 amide bonds. The van der Waals surface area contributed by atoms with E-state index in [0.717, 1.165) is 6.07 Å². The second-order valence-corrected chi connectivity index (χ2v) is 4.64. The minimum atomic E-state index is -3.80. The van der Waals surface area contributed by atoms with Gasteiger partial charge in [0.25, 0.3) is 0 Å². The predicted molar refractivity (Wildman–Crippen MR) is 59.5 cm³/mol. The van der Waals surface area contributed by atoms with Crippen molar-refractivity contribution in [2.45, 2.75) is 11.8 Å². The maximum atomic E-state index is 13.1. The van der Waals surface area contributed by atoms with Crippen molar-refractivity contribution in [1.82, 2.24) is 4.72 Å². The van der Waals surface area contributed by atoms with E-state index in [-0.39, 0.29) is 17.1 Å². The Bertz CT molecular complexity index is 544. The van der Waals surface area contributed by atoms with Gasteiger partial charge in [-0.05, 0) is 19.1 Å². The lowest BCUT2D eigenvalue weighted by Crippen LogP contribution is -2.25. The number of nitrogen functional groups attached to an aromatic ring is 1. The molecule has 0 aliphatic heterocycles. The fraction of sp³-hybridized carbons (Fsp3) is 0.200. The number of nitrogens with one attached hydrogen (secondary N) is 1.